The van der Waals surface area contributed by atoms with E-state index in [0.717, 1.165) is 53.2 Å². The summed E-state index contributed by atoms with van der Waals surface area (Å²) >= 11 is 11.8. The smallest absolute Gasteiger partial charge is 0.290 e. The van der Waals surface area contributed by atoms with E-state index >= 15 is 0 Å². The highest BCUT2D eigenvalue weighted by Gasteiger charge is 2.21. The second-order valence-corrected chi connectivity index (χ2v) is 8.06. The third kappa shape index (κ3) is 5.28. The molecule has 1 aliphatic heterocycles. The highest BCUT2D eigenvalue weighted by atomic mass is 35.5. The maximum Gasteiger partial charge on any atom is 0.290 e. The minimum absolute atomic E-state index is 0.250. The molecule has 1 fully saturated rings. The maximum absolute atomic E-state index is 9.39. The fourth-order valence-electron chi connectivity index (χ4n) is 3.68. The molecule has 0 spiro atoms. The number of carbonyl (C=O) groups is 1. The van der Waals surface area contributed by atoms with E-state index in [4.69, 9.17) is 33.7 Å². The van der Waals surface area contributed by atoms with Gasteiger partial charge in [-0.25, -0.2) is 0 Å². The third-order valence-electron chi connectivity index (χ3n) is 5.35. The number of nitrogens with zero attached hydrogens (tertiary/aromatic N) is 3. The Balaban J connectivity index is 0.000000913. The Morgan fingerprint density at radius 3 is 2.41 bits per heavy atom. The SMILES string of the molecule is Cc1ccc(NC(=S)N2CCN(c3ccc(C#N)c4ccccc34)CC2)cc1Cl.O=CO. The Hall–Kier alpha value is -3.34. The fraction of sp³-hybridized carbons (Fsp3) is 0.208. The number of anilines is 2. The van der Waals surface area contributed by atoms with E-state index in [2.05, 4.69) is 33.3 Å². The Labute approximate surface area is 197 Å². The lowest BCUT2D eigenvalue weighted by Crippen LogP contribution is -2.50. The van der Waals surface area contributed by atoms with Crippen molar-refractivity contribution in [3.05, 3.63) is 70.7 Å². The van der Waals surface area contributed by atoms with Gasteiger partial charge in [0.1, 0.15) is 0 Å². The van der Waals surface area contributed by atoms with Crippen molar-refractivity contribution in [2.75, 3.05) is 36.4 Å². The Kier molecular flexibility index (Phi) is 7.87. The zero-order valence-corrected chi connectivity index (χ0v) is 19.2. The third-order valence-corrected chi connectivity index (χ3v) is 6.12. The first kappa shape index (κ1) is 23.3. The molecule has 0 amide bonds. The van der Waals surface area contributed by atoms with Crippen LogP contribution in [0.1, 0.15) is 11.1 Å². The van der Waals surface area contributed by atoms with Crippen molar-refractivity contribution in [1.82, 2.24) is 4.90 Å². The number of nitriles is 1. The van der Waals surface area contributed by atoms with Gasteiger partial charge in [0.15, 0.2) is 5.11 Å². The van der Waals surface area contributed by atoms with Gasteiger partial charge in [-0.1, -0.05) is 41.9 Å². The van der Waals surface area contributed by atoms with Crippen LogP contribution in [0.2, 0.25) is 5.02 Å². The lowest BCUT2D eigenvalue weighted by Gasteiger charge is -2.38. The van der Waals surface area contributed by atoms with E-state index in [9.17, 15) is 5.26 Å². The minimum atomic E-state index is -0.250. The van der Waals surface area contributed by atoms with Crippen molar-refractivity contribution in [3.63, 3.8) is 0 Å². The number of piperazine rings is 1. The molecule has 32 heavy (non-hydrogen) atoms. The summed E-state index contributed by atoms with van der Waals surface area (Å²) in [5.74, 6) is 0. The zero-order chi connectivity index (χ0) is 23.1. The molecule has 1 saturated heterocycles. The quantitative estimate of drug-likeness (QED) is 0.411. The number of carboxylic acid groups (broad SMARTS) is 1. The van der Waals surface area contributed by atoms with Crippen LogP contribution in [-0.4, -0.2) is 47.8 Å². The van der Waals surface area contributed by atoms with Crippen LogP contribution < -0.4 is 10.2 Å². The number of benzene rings is 3. The van der Waals surface area contributed by atoms with Crippen molar-refractivity contribution < 1.29 is 9.90 Å². The molecule has 1 heterocycles. The molecule has 1 aliphatic rings. The van der Waals surface area contributed by atoms with E-state index in [1.165, 1.54) is 5.69 Å². The summed E-state index contributed by atoms with van der Waals surface area (Å²) in [4.78, 5) is 12.9. The zero-order valence-electron chi connectivity index (χ0n) is 17.6. The molecule has 0 bridgehead atoms. The van der Waals surface area contributed by atoms with Gasteiger partial charge in [0.05, 0.1) is 11.6 Å². The Morgan fingerprint density at radius 2 is 1.78 bits per heavy atom. The summed E-state index contributed by atoms with van der Waals surface area (Å²) in [6, 6.07) is 20.3. The van der Waals surface area contributed by atoms with Crippen molar-refractivity contribution in [3.8, 4) is 6.07 Å². The van der Waals surface area contributed by atoms with Gasteiger partial charge in [-0.05, 0) is 49.0 Å². The molecule has 3 aromatic rings. The van der Waals surface area contributed by atoms with Crippen LogP contribution in [0.5, 0.6) is 0 Å². The van der Waals surface area contributed by atoms with Gasteiger partial charge < -0.3 is 20.2 Å². The number of thiocarbonyl (C=S) groups is 1. The van der Waals surface area contributed by atoms with Crippen LogP contribution >= 0.6 is 23.8 Å². The first-order chi connectivity index (χ1) is 15.5. The highest BCUT2D eigenvalue weighted by Crippen LogP contribution is 2.30. The van der Waals surface area contributed by atoms with Crippen LogP contribution in [-0.2, 0) is 4.79 Å². The average molecular weight is 467 g/mol. The molecule has 0 unspecified atom stereocenters. The summed E-state index contributed by atoms with van der Waals surface area (Å²) in [5.41, 5.74) is 3.84. The summed E-state index contributed by atoms with van der Waals surface area (Å²) in [6.07, 6.45) is 0. The molecule has 0 radical (unpaired) electrons. The monoisotopic (exact) mass is 466 g/mol. The van der Waals surface area contributed by atoms with Gasteiger partial charge in [-0.15, -0.1) is 0 Å². The molecule has 4 rings (SSSR count). The van der Waals surface area contributed by atoms with Crippen LogP contribution in [0, 0.1) is 18.3 Å². The van der Waals surface area contributed by atoms with Gasteiger partial charge in [0, 0.05) is 53.3 Å². The van der Waals surface area contributed by atoms with E-state index in [1.807, 2.05) is 49.4 Å². The first-order valence-electron chi connectivity index (χ1n) is 10.0. The van der Waals surface area contributed by atoms with Crippen LogP contribution in [0.25, 0.3) is 10.8 Å². The molecule has 0 saturated carbocycles. The molecule has 2 N–H and O–H groups in total. The number of hydrogen-bond donors (Lipinski definition) is 2. The largest absolute Gasteiger partial charge is 0.483 e. The molecular formula is C24H23ClN4O2S. The fourth-order valence-corrected chi connectivity index (χ4v) is 4.16. The number of nitrogens with one attached hydrogen (secondary N) is 1. The molecule has 0 aliphatic carbocycles. The van der Waals surface area contributed by atoms with Crippen LogP contribution in [0.4, 0.5) is 11.4 Å². The van der Waals surface area contributed by atoms with Crippen molar-refractivity contribution in [2.45, 2.75) is 6.92 Å². The summed E-state index contributed by atoms with van der Waals surface area (Å²) in [5, 5.41) is 23.1. The van der Waals surface area contributed by atoms with Gasteiger partial charge in [-0.3, -0.25) is 4.79 Å². The Morgan fingerprint density at radius 1 is 1.12 bits per heavy atom. The number of hydrogen-bond acceptors (Lipinski definition) is 4. The molecule has 6 nitrogen and oxygen atoms in total. The number of fused-ring (bicyclic) bond motifs is 1. The molecular weight excluding hydrogens is 444 g/mol. The maximum atomic E-state index is 9.39. The molecule has 3 aromatic carbocycles. The number of aryl methyl sites for hydroxylation is 1. The average Bonchev–Trinajstić information content (AvgIpc) is 2.81. The van der Waals surface area contributed by atoms with E-state index in [-0.39, 0.29) is 6.47 Å². The van der Waals surface area contributed by atoms with Crippen molar-refractivity contribution >= 4 is 57.6 Å². The number of halogens is 1. The van der Waals surface area contributed by atoms with Crippen molar-refractivity contribution in [1.29, 1.82) is 5.26 Å². The van der Waals surface area contributed by atoms with Gasteiger partial charge >= 0.3 is 0 Å². The van der Waals surface area contributed by atoms with Gasteiger partial charge in [-0.2, -0.15) is 5.26 Å². The Bertz CT molecular complexity index is 1170. The van der Waals surface area contributed by atoms with Gasteiger partial charge in [0.2, 0.25) is 0 Å². The topological polar surface area (TPSA) is 79.6 Å². The highest BCUT2D eigenvalue weighted by molar-refractivity contribution is 7.80. The first-order valence-corrected chi connectivity index (χ1v) is 10.8. The van der Waals surface area contributed by atoms with Crippen molar-refractivity contribution in [2.24, 2.45) is 0 Å². The summed E-state index contributed by atoms with van der Waals surface area (Å²) < 4.78 is 0. The van der Waals surface area contributed by atoms with E-state index in [0.29, 0.717) is 10.7 Å². The number of rotatable bonds is 2. The predicted octanol–water partition coefficient (Wildman–Crippen LogP) is 4.89. The van der Waals surface area contributed by atoms with Gasteiger partial charge in [0.25, 0.3) is 6.47 Å². The van der Waals surface area contributed by atoms with E-state index in [1.54, 1.807) is 0 Å². The summed E-state index contributed by atoms with van der Waals surface area (Å²) in [7, 11) is 0. The summed E-state index contributed by atoms with van der Waals surface area (Å²) in [6.45, 7) is 5.13. The van der Waals surface area contributed by atoms with Crippen LogP contribution in [0.15, 0.2) is 54.6 Å². The molecule has 0 aromatic heterocycles. The molecule has 0 atom stereocenters. The molecule has 164 valence electrons. The lowest BCUT2D eigenvalue weighted by molar-refractivity contribution is -0.122. The predicted molar refractivity (Wildman–Crippen MR) is 134 cm³/mol. The standard InChI is InChI=1S/C23H21ClN4S.CH2O2/c1-16-6-8-18(14-21(16)24)26-23(29)28-12-10-27(11-13-28)22-9-7-17(15-25)19-4-2-3-5-20(19)22;2-1-3/h2-9,14H,10-13H2,1H3,(H,26,29);1H,(H,2,3). The minimum Gasteiger partial charge on any atom is -0.483 e. The second-order valence-electron chi connectivity index (χ2n) is 7.26. The van der Waals surface area contributed by atoms with E-state index < -0.39 is 0 Å². The van der Waals surface area contributed by atoms with Crippen LogP contribution in [0.3, 0.4) is 0 Å². The lowest BCUT2D eigenvalue weighted by atomic mass is 10.0. The second kappa shape index (κ2) is 10.8. The normalized spacial score (nSPS) is 13.0. The molecule has 8 heteroatoms.